The fourth-order valence-electron chi connectivity index (χ4n) is 9.39. The molecule has 3 saturated heterocycles. The molecule has 0 aromatic rings. The first-order chi connectivity index (χ1) is 27.6. The molecule has 3 saturated carbocycles. The number of esters is 1. The van der Waals surface area contributed by atoms with Crippen LogP contribution in [0.3, 0.4) is 0 Å². The molecule has 21 unspecified atom stereocenters. The van der Waals surface area contributed by atoms with Gasteiger partial charge in [0.1, 0.15) is 61.5 Å². The van der Waals surface area contributed by atoms with Crippen molar-refractivity contribution in [1.29, 1.82) is 0 Å². The highest BCUT2D eigenvalue weighted by Crippen LogP contribution is 2.43. The van der Waals surface area contributed by atoms with Gasteiger partial charge in [0, 0.05) is 26.2 Å². The van der Waals surface area contributed by atoms with Gasteiger partial charge in [0.25, 0.3) is 0 Å². The van der Waals surface area contributed by atoms with Crippen molar-refractivity contribution >= 4 is 5.97 Å². The van der Waals surface area contributed by atoms with Crippen LogP contribution in [0.2, 0.25) is 0 Å². The van der Waals surface area contributed by atoms with Crippen LogP contribution in [-0.4, -0.2) is 212 Å². The molecule has 11 N–H and O–H groups in total. The number of hydrogen-bond donors (Lipinski definition) is 11. The van der Waals surface area contributed by atoms with Crippen molar-refractivity contribution in [3.63, 3.8) is 0 Å². The van der Waals surface area contributed by atoms with E-state index in [-0.39, 0.29) is 37.5 Å². The van der Waals surface area contributed by atoms with Crippen molar-refractivity contribution in [3.8, 4) is 0 Å². The highest BCUT2D eigenvalue weighted by molar-refractivity contribution is 5.81. The summed E-state index contributed by atoms with van der Waals surface area (Å²) in [7, 11) is 2.94. The van der Waals surface area contributed by atoms with Gasteiger partial charge in [-0.1, -0.05) is 6.08 Å². The Morgan fingerprint density at radius 1 is 0.603 bits per heavy atom. The van der Waals surface area contributed by atoms with Gasteiger partial charge in [0.2, 0.25) is 0 Å². The molecular weight excluding hydrogens is 776 g/mol. The molecule has 0 spiro atoms. The van der Waals surface area contributed by atoms with Crippen LogP contribution in [0.1, 0.15) is 51.4 Å². The molecule has 3 heterocycles. The number of ether oxygens (including phenoxy) is 8. The molecular formula is C38H62O20. The maximum atomic E-state index is 12.6. The quantitative estimate of drug-likeness (QED) is 0.0655. The molecule has 0 aromatic carbocycles. The summed E-state index contributed by atoms with van der Waals surface area (Å²) in [5, 5.41) is 117. The van der Waals surface area contributed by atoms with Crippen molar-refractivity contribution in [2.75, 3.05) is 27.4 Å². The average Bonchev–Trinajstić information content (AvgIpc) is 3.20. The minimum absolute atomic E-state index is 0.127. The zero-order valence-corrected chi connectivity index (χ0v) is 32.6. The van der Waals surface area contributed by atoms with Crippen LogP contribution >= 0.6 is 0 Å². The fraction of sp³-hybridized carbons (Fsp3) is 0.921. The molecule has 3 aliphatic heterocycles. The molecule has 3 aliphatic carbocycles. The molecule has 6 rings (SSSR count). The third-order valence-electron chi connectivity index (χ3n) is 12.9. The SMILES string of the molecule is COC1CC(C=CC(=O)OCC2OC(OCC3OC(OC4CC5C(O)CC(O)CC5OC4C4CCC(O)C(O)C4)C(O)C(O)C3O)C(O)C(O)C2O)CC(OC)C1O. The summed E-state index contributed by atoms with van der Waals surface area (Å²) < 4.78 is 45.9. The minimum Gasteiger partial charge on any atom is -0.460 e. The Hall–Kier alpha value is -1.51. The van der Waals surface area contributed by atoms with Crippen LogP contribution in [0.25, 0.3) is 0 Å². The molecule has 0 bridgehead atoms. The van der Waals surface area contributed by atoms with Crippen LogP contribution in [-0.2, 0) is 42.7 Å². The zero-order valence-electron chi connectivity index (χ0n) is 32.6. The van der Waals surface area contributed by atoms with Crippen molar-refractivity contribution in [3.05, 3.63) is 12.2 Å². The lowest BCUT2D eigenvalue weighted by molar-refractivity contribution is -0.347. The second kappa shape index (κ2) is 20.1. The topological polar surface area (TPSA) is 313 Å². The van der Waals surface area contributed by atoms with E-state index in [1.807, 2.05) is 0 Å². The van der Waals surface area contributed by atoms with Gasteiger partial charge in [-0.25, -0.2) is 4.79 Å². The van der Waals surface area contributed by atoms with Gasteiger partial charge >= 0.3 is 5.97 Å². The number of fused-ring (bicyclic) bond motifs is 1. The first-order valence-electron chi connectivity index (χ1n) is 20.2. The van der Waals surface area contributed by atoms with Gasteiger partial charge in [0.05, 0.1) is 61.5 Å². The molecule has 20 heteroatoms. The van der Waals surface area contributed by atoms with Crippen LogP contribution in [0, 0.1) is 17.8 Å². The number of rotatable bonds is 12. The Kier molecular flexibility index (Phi) is 16.0. The van der Waals surface area contributed by atoms with E-state index in [0.717, 1.165) is 0 Å². The predicted octanol–water partition coefficient (Wildman–Crippen LogP) is -4.29. The lowest BCUT2D eigenvalue weighted by Gasteiger charge is -2.51. The van der Waals surface area contributed by atoms with Crippen LogP contribution in [0.15, 0.2) is 12.2 Å². The summed E-state index contributed by atoms with van der Waals surface area (Å²) in [5.41, 5.74) is 0. The second-order valence-electron chi connectivity index (χ2n) is 16.7. The fourth-order valence-corrected chi connectivity index (χ4v) is 9.39. The minimum atomic E-state index is -1.81. The van der Waals surface area contributed by atoms with Gasteiger partial charge in [-0.05, 0) is 63.2 Å². The Morgan fingerprint density at radius 3 is 1.86 bits per heavy atom. The van der Waals surface area contributed by atoms with E-state index < -0.39 is 148 Å². The van der Waals surface area contributed by atoms with E-state index in [9.17, 15) is 61.0 Å². The second-order valence-corrected chi connectivity index (χ2v) is 16.7. The van der Waals surface area contributed by atoms with Crippen molar-refractivity contribution in [2.45, 2.75) is 174 Å². The van der Waals surface area contributed by atoms with Crippen molar-refractivity contribution < 1.29 is 98.9 Å². The Bertz CT molecular complexity index is 1330. The smallest absolute Gasteiger partial charge is 0.330 e. The first kappa shape index (κ1) is 46.0. The van der Waals surface area contributed by atoms with E-state index in [4.69, 9.17) is 37.9 Å². The predicted molar refractivity (Wildman–Crippen MR) is 192 cm³/mol. The third kappa shape index (κ3) is 10.4. The van der Waals surface area contributed by atoms with Crippen molar-refractivity contribution in [2.24, 2.45) is 17.8 Å². The number of carbonyl (C=O) groups is 1. The highest BCUT2D eigenvalue weighted by Gasteiger charge is 2.53. The highest BCUT2D eigenvalue weighted by atomic mass is 16.7. The van der Waals surface area contributed by atoms with Crippen LogP contribution in [0.5, 0.6) is 0 Å². The summed E-state index contributed by atoms with van der Waals surface area (Å²) in [4.78, 5) is 12.6. The molecule has 0 amide bonds. The summed E-state index contributed by atoms with van der Waals surface area (Å²) in [6.07, 6.45) is -19.0. The molecule has 20 nitrogen and oxygen atoms in total. The normalized spacial score (nSPS) is 50.3. The Morgan fingerprint density at radius 2 is 1.22 bits per heavy atom. The molecule has 6 aliphatic rings. The molecule has 21 atom stereocenters. The maximum Gasteiger partial charge on any atom is 0.330 e. The molecule has 6 fully saturated rings. The maximum absolute atomic E-state index is 12.6. The number of methoxy groups -OCH3 is 2. The van der Waals surface area contributed by atoms with Gasteiger partial charge < -0.3 is 94.1 Å². The van der Waals surface area contributed by atoms with Gasteiger partial charge in [0.15, 0.2) is 12.6 Å². The molecule has 0 radical (unpaired) electrons. The van der Waals surface area contributed by atoms with Gasteiger partial charge in [-0.2, -0.15) is 0 Å². The summed E-state index contributed by atoms with van der Waals surface area (Å²) >= 11 is 0. The van der Waals surface area contributed by atoms with E-state index in [2.05, 4.69) is 0 Å². The van der Waals surface area contributed by atoms with E-state index >= 15 is 0 Å². The molecule has 334 valence electrons. The first-order valence-corrected chi connectivity index (χ1v) is 20.2. The third-order valence-corrected chi connectivity index (χ3v) is 12.9. The number of carbonyl (C=O) groups excluding carboxylic acids is 1. The van der Waals surface area contributed by atoms with Gasteiger partial charge in [-0.15, -0.1) is 0 Å². The van der Waals surface area contributed by atoms with E-state index in [0.29, 0.717) is 25.7 Å². The summed E-state index contributed by atoms with van der Waals surface area (Å²) in [6, 6.07) is 0. The lowest BCUT2D eigenvalue weighted by atomic mass is 9.72. The number of allylic oxidation sites excluding steroid dienone is 1. The van der Waals surface area contributed by atoms with Crippen molar-refractivity contribution in [1.82, 2.24) is 0 Å². The standard InChI is InChI=1S/C38H62O20/c1-51-23-7-15(8-24(52-2)29(23)44)3-6-28(43)53-13-26-30(45)32(47)34(49)37(57-26)54-14-27-31(46)33(48)35(50)38(58-27)56-25-12-18-20(41)10-17(39)11-22(18)55-36(25)16-4-5-19(40)21(42)9-16/h3,6,15-27,29-42,44-50H,4-5,7-14H2,1-2H3. The largest absolute Gasteiger partial charge is 0.460 e. The lowest BCUT2D eigenvalue weighted by Crippen LogP contribution is -2.63. The Balaban J connectivity index is 1.06. The zero-order chi connectivity index (χ0) is 42.0. The summed E-state index contributed by atoms with van der Waals surface area (Å²) in [5.74, 6) is -1.74. The molecule has 58 heavy (non-hydrogen) atoms. The number of aliphatic hydroxyl groups excluding tert-OH is 11. The van der Waals surface area contributed by atoms with Gasteiger partial charge in [-0.3, -0.25) is 0 Å². The summed E-state index contributed by atoms with van der Waals surface area (Å²) in [6.45, 7) is -1.15. The van der Waals surface area contributed by atoms with E-state index in [1.165, 1.54) is 20.3 Å². The Labute approximate surface area is 335 Å². The number of hydrogen-bond acceptors (Lipinski definition) is 20. The molecule has 0 aromatic heterocycles. The average molecular weight is 839 g/mol. The van der Waals surface area contributed by atoms with Crippen LogP contribution < -0.4 is 0 Å². The van der Waals surface area contributed by atoms with E-state index in [1.54, 1.807) is 6.08 Å². The number of aliphatic hydroxyl groups is 11. The monoisotopic (exact) mass is 838 g/mol. The van der Waals surface area contributed by atoms with Crippen LogP contribution in [0.4, 0.5) is 0 Å².